The summed E-state index contributed by atoms with van der Waals surface area (Å²) in [5.41, 5.74) is 1.10. The van der Waals surface area contributed by atoms with Gasteiger partial charge in [-0.1, -0.05) is 38.2 Å². The molecular formula is C26H33N5O4. The highest BCUT2D eigenvalue weighted by Crippen LogP contribution is 2.28. The van der Waals surface area contributed by atoms with E-state index >= 15 is 0 Å². The van der Waals surface area contributed by atoms with Gasteiger partial charge in [0.1, 0.15) is 23.5 Å². The molecule has 3 amide bonds. The molecule has 1 aromatic heterocycles. The highest BCUT2D eigenvalue weighted by Gasteiger charge is 2.31. The summed E-state index contributed by atoms with van der Waals surface area (Å²) in [5, 5.41) is 18.8. The molecule has 2 heterocycles. The third-order valence-corrected chi connectivity index (χ3v) is 7.16. The fourth-order valence-corrected chi connectivity index (χ4v) is 5.22. The maximum absolute atomic E-state index is 13.3. The Labute approximate surface area is 205 Å². The molecule has 1 aromatic carbocycles. The maximum Gasteiger partial charge on any atom is 0.268 e. The lowest BCUT2D eigenvalue weighted by atomic mass is 9.84. The number of hydrogen-bond donors (Lipinski definition) is 4. The highest BCUT2D eigenvalue weighted by atomic mass is 16.5. The largest absolute Gasteiger partial charge is 0.496 e. The number of ether oxygens (including phenoxy) is 1. The normalized spacial score (nSPS) is 20.0. The fraction of sp³-hybridized carbons (Fsp3) is 0.538. The minimum atomic E-state index is -0.792. The summed E-state index contributed by atoms with van der Waals surface area (Å²) >= 11 is 0. The van der Waals surface area contributed by atoms with Gasteiger partial charge in [-0.2, -0.15) is 5.26 Å². The molecule has 2 fully saturated rings. The van der Waals surface area contributed by atoms with Crippen molar-refractivity contribution in [3.05, 3.63) is 30.0 Å². The van der Waals surface area contributed by atoms with E-state index in [0.29, 0.717) is 36.7 Å². The number of carbonyl (C=O) groups excluding carboxylic acids is 3. The first-order valence-electron chi connectivity index (χ1n) is 12.4. The molecule has 0 spiro atoms. The molecule has 1 unspecified atom stereocenters. The van der Waals surface area contributed by atoms with Crippen molar-refractivity contribution in [3.8, 4) is 11.8 Å². The van der Waals surface area contributed by atoms with Crippen molar-refractivity contribution in [2.45, 2.75) is 63.5 Å². The van der Waals surface area contributed by atoms with E-state index in [1.165, 1.54) is 6.42 Å². The number of carbonyl (C=O) groups is 3. The number of benzene rings is 1. The predicted octanol–water partition coefficient (Wildman–Crippen LogP) is 2.78. The summed E-state index contributed by atoms with van der Waals surface area (Å²) in [4.78, 5) is 41.5. The van der Waals surface area contributed by atoms with Crippen molar-refractivity contribution in [1.82, 2.24) is 20.9 Å². The van der Waals surface area contributed by atoms with E-state index in [2.05, 4.69) is 27.0 Å². The Bertz CT molecular complexity index is 1110. The number of nitriles is 1. The zero-order valence-electron chi connectivity index (χ0n) is 20.1. The SMILES string of the molecule is COc1cccc2[nH]c(C(=O)N[C@@H](CC3CCCCC3)C(=O)N[C@H](C#N)CC3CCNC3=O)cc12. The number of nitrogens with one attached hydrogen (secondary N) is 4. The summed E-state index contributed by atoms with van der Waals surface area (Å²) in [6.07, 6.45) is 6.90. The van der Waals surface area contributed by atoms with Gasteiger partial charge >= 0.3 is 0 Å². The molecule has 0 radical (unpaired) electrons. The molecule has 9 nitrogen and oxygen atoms in total. The van der Waals surface area contributed by atoms with Gasteiger partial charge in [-0.25, -0.2) is 0 Å². The first-order chi connectivity index (χ1) is 17.0. The van der Waals surface area contributed by atoms with E-state index in [0.717, 1.165) is 36.6 Å². The monoisotopic (exact) mass is 479 g/mol. The fourth-order valence-electron chi connectivity index (χ4n) is 5.22. The highest BCUT2D eigenvalue weighted by molar-refractivity contribution is 6.01. The number of nitrogens with zero attached hydrogens (tertiary/aromatic N) is 1. The van der Waals surface area contributed by atoms with Crippen molar-refractivity contribution < 1.29 is 19.1 Å². The number of fused-ring (bicyclic) bond motifs is 1. The summed E-state index contributed by atoms with van der Waals surface area (Å²) in [7, 11) is 1.58. The Hall–Kier alpha value is -3.54. The number of H-pyrrole nitrogens is 1. The molecule has 186 valence electrons. The van der Waals surface area contributed by atoms with E-state index in [4.69, 9.17) is 4.74 Å². The Morgan fingerprint density at radius 3 is 2.66 bits per heavy atom. The van der Waals surface area contributed by atoms with Crippen LogP contribution in [0.2, 0.25) is 0 Å². The van der Waals surface area contributed by atoms with Crippen molar-refractivity contribution >= 4 is 28.6 Å². The minimum absolute atomic E-state index is 0.0826. The third kappa shape index (κ3) is 5.94. The zero-order chi connectivity index (χ0) is 24.8. The van der Waals surface area contributed by atoms with E-state index < -0.39 is 12.1 Å². The van der Waals surface area contributed by atoms with Crippen LogP contribution in [-0.2, 0) is 9.59 Å². The zero-order valence-corrected chi connectivity index (χ0v) is 20.1. The van der Waals surface area contributed by atoms with Gasteiger partial charge in [0.25, 0.3) is 5.91 Å². The van der Waals surface area contributed by atoms with Crippen LogP contribution in [0.15, 0.2) is 24.3 Å². The second-order valence-electron chi connectivity index (χ2n) is 9.57. The van der Waals surface area contributed by atoms with Crippen molar-refractivity contribution in [2.75, 3.05) is 13.7 Å². The Kier molecular flexibility index (Phi) is 7.91. The topological polar surface area (TPSA) is 136 Å². The van der Waals surface area contributed by atoms with Crippen molar-refractivity contribution in [2.24, 2.45) is 11.8 Å². The van der Waals surface area contributed by atoms with E-state index in [9.17, 15) is 19.6 Å². The Balaban J connectivity index is 1.48. The van der Waals surface area contributed by atoms with Gasteiger partial charge < -0.3 is 25.7 Å². The Morgan fingerprint density at radius 2 is 1.97 bits per heavy atom. The second kappa shape index (κ2) is 11.3. The third-order valence-electron chi connectivity index (χ3n) is 7.16. The van der Waals surface area contributed by atoms with Gasteiger partial charge in [0.05, 0.1) is 13.2 Å². The molecule has 0 bridgehead atoms. The number of aromatic nitrogens is 1. The average molecular weight is 480 g/mol. The number of rotatable bonds is 9. The van der Waals surface area contributed by atoms with Gasteiger partial charge in [-0.05, 0) is 43.4 Å². The lowest BCUT2D eigenvalue weighted by Crippen LogP contribution is -2.50. The number of methoxy groups -OCH3 is 1. The molecule has 2 aromatic rings. The summed E-state index contributed by atoms with van der Waals surface area (Å²) < 4.78 is 5.38. The molecule has 2 aliphatic rings. The predicted molar refractivity (Wildman–Crippen MR) is 131 cm³/mol. The van der Waals surface area contributed by atoms with Crippen LogP contribution in [0.1, 0.15) is 61.9 Å². The minimum Gasteiger partial charge on any atom is -0.496 e. The number of hydrogen-bond acceptors (Lipinski definition) is 5. The maximum atomic E-state index is 13.3. The van der Waals surface area contributed by atoms with Crippen LogP contribution in [0.5, 0.6) is 5.75 Å². The van der Waals surface area contributed by atoms with E-state index in [1.54, 1.807) is 13.2 Å². The lowest BCUT2D eigenvalue weighted by Gasteiger charge is -2.27. The number of amides is 3. The quantitative estimate of drug-likeness (QED) is 0.438. The summed E-state index contributed by atoms with van der Waals surface area (Å²) in [6.45, 7) is 0.589. The molecule has 1 aliphatic carbocycles. The Morgan fingerprint density at radius 1 is 1.17 bits per heavy atom. The second-order valence-corrected chi connectivity index (χ2v) is 9.57. The first kappa shape index (κ1) is 24.6. The standard InChI is InChI=1S/C26H33N5O4/c1-35-23-9-5-8-20-19(23)14-22(30-20)26(34)31-21(12-16-6-3-2-4-7-16)25(33)29-18(15-27)13-17-10-11-28-24(17)32/h5,8-9,14,16-18,21,30H,2-4,6-7,10-13H2,1H3,(H,28,32)(H,29,33)(H,31,34)/t17?,18-,21-/m0/s1. The molecule has 9 heteroatoms. The van der Waals surface area contributed by atoms with Crippen LogP contribution in [0.25, 0.3) is 10.9 Å². The summed E-state index contributed by atoms with van der Waals surface area (Å²) in [5.74, 6) is -0.148. The van der Waals surface area contributed by atoms with Gasteiger partial charge in [0, 0.05) is 23.4 Å². The smallest absolute Gasteiger partial charge is 0.268 e. The molecule has 1 saturated heterocycles. The van der Waals surface area contributed by atoms with Gasteiger partial charge in [-0.3, -0.25) is 14.4 Å². The van der Waals surface area contributed by atoms with Crippen molar-refractivity contribution in [1.29, 1.82) is 5.26 Å². The van der Waals surface area contributed by atoms with Gasteiger partial charge in [-0.15, -0.1) is 0 Å². The summed E-state index contributed by atoms with van der Waals surface area (Å²) in [6, 6.07) is 7.78. The van der Waals surface area contributed by atoms with Crippen molar-refractivity contribution in [3.63, 3.8) is 0 Å². The molecule has 35 heavy (non-hydrogen) atoms. The molecule has 1 aliphatic heterocycles. The molecular weight excluding hydrogens is 446 g/mol. The van der Waals surface area contributed by atoms with E-state index in [-0.39, 0.29) is 30.1 Å². The van der Waals surface area contributed by atoms with Crippen LogP contribution >= 0.6 is 0 Å². The first-order valence-corrected chi connectivity index (χ1v) is 12.4. The van der Waals surface area contributed by atoms with E-state index in [1.807, 2.05) is 18.2 Å². The molecule has 4 N–H and O–H groups in total. The van der Waals surface area contributed by atoms with Crippen LogP contribution in [0, 0.1) is 23.2 Å². The van der Waals surface area contributed by atoms with Crippen LogP contribution in [0.4, 0.5) is 0 Å². The molecule has 4 rings (SSSR count). The number of aromatic amines is 1. The molecule has 1 saturated carbocycles. The van der Waals surface area contributed by atoms with Crippen LogP contribution in [-0.4, -0.2) is 48.4 Å². The lowest BCUT2D eigenvalue weighted by molar-refractivity contribution is -0.125. The average Bonchev–Trinajstić information content (AvgIpc) is 3.49. The van der Waals surface area contributed by atoms with Crippen LogP contribution in [0.3, 0.4) is 0 Å². The van der Waals surface area contributed by atoms with Gasteiger partial charge in [0.2, 0.25) is 11.8 Å². The van der Waals surface area contributed by atoms with Gasteiger partial charge in [0.15, 0.2) is 0 Å². The molecule has 3 atom stereocenters. The van der Waals surface area contributed by atoms with Crippen LogP contribution < -0.4 is 20.7 Å².